The lowest BCUT2D eigenvalue weighted by molar-refractivity contribution is 0.0696. The van der Waals surface area contributed by atoms with Crippen molar-refractivity contribution in [2.75, 3.05) is 0 Å². The number of alkyl halides is 1. The van der Waals surface area contributed by atoms with Gasteiger partial charge in [-0.1, -0.05) is 27.5 Å². The summed E-state index contributed by atoms with van der Waals surface area (Å²) in [5.41, 5.74) is 1.78. The van der Waals surface area contributed by atoms with Gasteiger partial charge in [0.05, 0.1) is 5.56 Å². The second-order valence-electron chi connectivity index (χ2n) is 2.70. The van der Waals surface area contributed by atoms with Crippen molar-refractivity contribution in [2.24, 2.45) is 0 Å². The van der Waals surface area contributed by atoms with Gasteiger partial charge >= 0.3 is 5.97 Å². The summed E-state index contributed by atoms with van der Waals surface area (Å²) in [4.78, 5) is 10.7. The van der Waals surface area contributed by atoms with Crippen LogP contribution >= 0.6 is 27.5 Å². The van der Waals surface area contributed by atoms with E-state index in [0.717, 1.165) is 5.56 Å². The average molecular weight is 264 g/mol. The highest BCUT2D eigenvalue weighted by Crippen LogP contribution is 2.23. The van der Waals surface area contributed by atoms with Crippen LogP contribution in [-0.4, -0.2) is 11.1 Å². The summed E-state index contributed by atoms with van der Waals surface area (Å²) < 4.78 is 0. The highest BCUT2D eigenvalue weighted by Gasteiger charge is 2.10. The van der Waals surface area contributed by atoms with Gasteiger partial charge in [-0.25, -0.2) is 4.79 Å². The van der Waals surface area contributed by atoms with Gasteiger partial charge < -0.3 is 5.11 Å². The third-order valence-electron chi connectivity index (χ3n) is 1.77. The number of halogens is 2. The van der Waals surface area contributed by atoms with Crippen LogP contribution in [0.15, 0.2) is 12.1 Å². The molecule has 0 atom stereocenters. The monoisotopic (exact) mass is 262 g/mol. The van der Waals surface area contributed by atoms with Crippen LogP contribution in [0.1, 0.15) is 21.5 Å². The summed E-state index contributed by atoms with van der Waals surface area (Å²) in [5.74, 6) is -0.920. The lowest BCUT2D eigenvalue weighted by atomic mass is 10.1. The normalized spacial score (nSPS) is 10.1. The maximum atomic E-state index is 10.7. The van der Waals surface area contributed by atoms with Crippen LogP contribution in [0.3, 0.4) is 0 Å². The summed E-state index contributed by atoms with van der Waals surface area (Å²) in [7, 11) is 0. The van der Waals surface area contributed by atoms with Gasteiger partial charge in [-0.2, -0.15) is 0 Å². The Morgan fingerprint density at radius 2 is 2.23 bits per heavy atom. The van der Waals surface area contributed by atoms with Crippen molar-refractivity contribution in [3.8, 4) is 0 Å². The van der Waals surface area contributed by atoms with E-state index in [1.165, 1.54) is 0 Å². The van der Waals surface area contributed by atoms with E-state index < -0.39 is 5.97 Å². The molecule has 0 aliphatic heterocycles. The predicted octanol–water partition coefficient (Wildman–Crippen LogP) is 3.24. The number of hydrogen-bond acceptors (Lipinski definition) is 1. The maximum absolute atomic E-state index is 10.7. The van der Waals surface area contributed by atoms with Gasteiger partial charge in [-0.15, -0.1) is 0 Å². The molecule has 1 N–H and O–H groups in total. The second-order valence-corrected chi connectivity index (χ2v) is 3.67. The Kier molecular flexibility index (Phi) is 3.33. The minimum absolute atomic E-state index is 0.304. The lowest BCUT2D eigenvalue weighted by Gasteiger charge is -2.05. The smallest absolute Gasteiger partial charge is 0.335 e. The summed E-state index contributed by atoms with van der Waals surface area (Å²) in [6.07, 6.45) is 0. The highest BCUT2D eigenvalue weighted by atomic mass is 79.9. The number of aryl methyl sites for hydroxylation is 1. The number of hydrogen-bond donors (Lipinski definition) is 1. The predicted molar refractivity (Wildman–Crippen MR) is 55.8 cm³/mol. The molecule has 4 heteroatoms. The molecule has 0 aliphatic carbocycles. The molecule has 1 rings (SSSR count). The summed E-state index contributed by atoms with van der Waals surface area (Å²) in [6, 6.07) is 3.26. The van der Waals surface area contributed by atoms with Crippen LogP contribution in [0.4, 0.5) is 0 Å². The minimum atomic E-state index is -0.920. The van der Waals surface area contributed by atoms with Crippen molar-refractivity contribution >= 4 is 33.5 Å². The summed E-state index contributed by atoms with van der Waals surface area (Å²) >= 11 is 9.12. The van der Waals surface area contributed by atoms with E-state index in [4.69, 9.17) is 16.7 Å². The molecule has 70 valence electrons. The molecule has 2 nitrogen and oxygen atoms in total. The molecule has 0 spiro atoms. The van der Waals surface area contributed by atoms with Crippen molar-refractivity contribution in [1.29, 1.82) is 0 Å². The highest BCUT2D eigenvalue weighted by molar-refractivity contribution is 9.08. The molecule has 13 heavy (non-hydrogen) atoms. The van der Waals surface area contributed by atoms with Crippen molar-refractivity contribution < 1.29 is 9.90 Å². The van der Waals surface area contributed by atoms with Crippen LogP contribution < -0.4 is 0 Å². The van der Waals surface area contributed by atoms with Crippen molar-refractivity contribution in [2.45, 2.75) is 12.3 Å². The Morgan fingerprint density at radius 1 is 1.62 bits per heavy atom. The molecule has 1 aromatic rings. The standard InChI is InChI=1S/C9H8BrClO2/c1-5-2-8(11)6(4-10)3-7(5)9(12)13/h2-3H,4H2,1H3,(H,12,13). The van der Waals surface area contributed by atoms with Crippen molar-refractivity contribution in [3.63, 3.8) is 0 Å². The summed E-state index contributed by atoms with van der Waals surface area (Å²) in [5, 5.41) is 9.98. The van der Waals surface area contributed by atoms with Gasteiger partial charge in [0.15, 0.2) is 0 Å². The fourth-order valence-electron chi connectivity index (χ4n) is 1.05. The first kappa shape index (κ1) is 10.5. The molecule has 0 aromatic heterocycles. The molecule has 0 heterocycles. The van der Waals surface area contributed by atoms with E-state index in [1.807, 2.05) is 0 Å². The summed E-state index contributed by atoms with van der Waals surface area (Å²) in [6.45, 7) is 1.73. The van der Waals surface area contributed by atoms with E-state index in [2.05, 4.69) is 15.9 Å². The molecular weight excluding hydrogens is 255 g/mol. The number of carbonyl (C=O) groups is 1. The van der Waals surface area contributed by atoms with Gasteiger partial charge in [0.1, 0.15) is 0 Å². The topological polar surface area (TPSA) is 37.3 Å². The van der Waals surface area contributed by atoms with Crippen molar-refractivity contribution in [3.05, 3.63) is 33.8 Å². The SMILES string of the molecule is Cc1cc(Cl)c(CBr)cc1C(=O)O. The zero-order valence-corrected chi connectivity index (χ0v) is 9.32. The number of benzene rings is 1. The van der Waals surface area contributed by atoms with Gasteiger partial charge in [-0.3, -0.25) is 0 Å². The maximum Gasteiger partial charge on any atom is 0.335 e. The molecule has 0 saturated heterocycles. The van der Waals surface area contributed by atoms with Crippen LogP contribution in [0.2, 0.25) is 5.02 Å². The molecule has 0 unspecified atom stereocenters. The molecular formula is C9H8BrClO2. The van der Waals surface area contributed by atoms with Gasteiger partial charge in [0, 0.05) is 10.4 Å². The number of rotatable bonds is 2. The largest absolute Gasteiger partial charge is 0.478 e. The average Bonchev–Trinajstić information content (AvgIpc) is 2.03. The fraction of sp³-hybridized carbons (Fsp3) is 0.222. The van der Waals surface area contributed by atoms with E-state index in [-0.39, 0.29) is 0 Å². The third kappa shape index (κ3) is 2.23. The van der Waals surface area contributed by atoms with E-state index in [0.29, 0.717) is 21.5 Å². The van der Waals surface area contributed by atoms with Crippen LogP contribution in [0.5, 0.6) is 0 Å². The second kappa shape index (κ2) is 4.11. The molecule has 0 bridgehead atoms. The molecule has 0 radical (unpaired) electrons. The van der Waals surface area contributed by atoms with Crippen molar-refractivity contribution in [1.82, 2.24) is 0 Å². The Balaban J connectivity index is 3.30. The number of carboxylic acid groups (broad SMARTS) is 1. The number of carboxylic acids is 1. The first-order valence-electron chi connectivity index (χ1n) is 3.64. The Hall–Kier alpha value is -0.540. The van der Waals surface area contributed by atoms with Crippen LogP contribution in [0, 0.1) is 6.92 Å². The van der Waals surface area contributed by atoms with Gasteiger partial charge in [-0.05, 0) is 30.2 Å². The van der Waals surface area contributed by atoms with E-state index in [9.17, 15) is 4.79 Å². The van der Waals surface area contributed by atoms with E-state index >= 15 is 0 Å². The van der Waals surface area contributed by atoms with Crippen LogP contribution in [-0.2, 0) is 5.33 Å². The Morgan fingerprint density at radius 3 is 2.69 bits per heavy atom. The molecule has 0 saturated carbocycles. The molecule has 0 aliphatic rings. The first-order chi connectivity index (χ1) is 6.06. The Labute approximate surface area is 89.7 Å². The zero-order valence-electron chi connectivity index (χ0n) is 6.97. The first-order valence-corrected chi connectivity index (χ1v) is 5.14. The van der Waals surface area contributed by atoms with Gasteiger partial charge in [0.25, 0.3) is 0 Å². The molecule has 0 amide bonds. The quantitative estimate of drug-likeness (QED) is 0.832. The minimum Gasteiger partial charge on any atom is -0.478 e. The fourth-order valence-corrected chi connectivity index (χ4v) is 1.96. The number of aromatic carboxylic acids is 1. The van der Waals surface area contributed by atoms with Gasteiger partial charge in [0.2, 0.25) is 0 Å². The Bertz CT molecular complexity index is 350. The third-order valence-corrected chi connectivity index (χ3v) is 2.72. The van der Waals surface area contributed by atoms with E-state index in [1.54, 1.807) is 19.1 Å². The lowest BCUT2D eigenvalue weighted by Crippen LogP contribution is -2.00. The molecule has 1 aromatic carbocycles. The molecule has 0 fully saturated rings. The zero-order chi connectivity index (χ0) is 10.0. The van der Waals surface area contributed by atoms with Crippen LogP contribution in [0.25, 0.3) is 0 Å².